The molecule has 0 radical (unpaired) electrons. The van der Waals surface area contributed by atoms with Gasteiger partial charge in [-0.2, -0.15) is 0 Å². The number of carbonyl (C=O) groups is 1. The lowest BCUT2D eigenvalue weighted by atomic mass is 10.1. The summed E-state index contributed by atoms with van der Waals surface area (Å²) >= 11 is 1.56. The van der Waals surface area contributed by atoms with Gasteiger partial charge in [-0.05, 0) is 29.6 Å². The van der Waals surface area contributed by atoms with Gasteiger partial charge in [-0.1, -0.05) is 42.5 Å². The second-order valence-electron chi connectivity index (χ2n) is 6.54. The Balaban J connectivity index is 1.73. The van der Waals surface area contributed by atoms with Crippen molar-refractivity contribution in [3.63, 3.8) is 0 Å². The lowest BCUT2D eigenvalue weighted by Crippen LogP contribution is -2.33. The molecule has 0 fully saturated rings. The zero-order valence-electron chi connectivity index (χ0n) is 15.8. The molecule has 0 saturated heterocycles. The zero-order chi connectivity index (χ0) is 20.2. The smallest absolute Gasteiger partial charge is 0.349 e. The Bertz CT molecular complexity index is 1200. The summed E-state index contributed by atoms with van der Waals surface area (Å²) in [5.41, 5.74) is 0.716. The van der Waals surface area contributed by atoms with Crippen LogP contribution >= 0.6 is 11.3 Å². The van der Waals surface area contributed by atoms with Gasteiger partial charge < -0.3 is 14.1 Å². The summed E-state index contributed by atoms with van der Waals surface area (Å²) in [6, 6.07) is 20.2. The molecule has 5 nitrogen and oxygen atoms in total. The lowest BCUT2D eigenvalue weighted by molar-refractivity contribution is 0.0726. The number of thiophene rings is 1. The van der Waals surface area contributed by atoms with E-state index in [0.717, 1.165) is 10.4 Å². The Morgan fingerprint density at radius 3 is 2.62 bits per heavy atom. The first-order valence-electron chi connectivity index (χ1n) is 9.12. The molecule has 0 unspecified atom stereocenters. The first-order valence-corrected chi connectivity index (χ1v) is 10.00. The topological polar surface area (TPSA) is 59.8 Å². The molecule has 2 heterocycles. The molecule has 2 aromatic carbocycles. The fraction of sp³-hybridized carbons (Fsp3) is 0.130. The Labute approximate surface area is 171 Å². The molecule has 6 heteroatoms. The van der Waals surface area contributed by atoms with Gasteiger partial charge >= 0.3 is 5.63 Å². The second-order valence-corrected chi connectivity index (χ2v) is 7.57. The molecular weight excluding hydrogens is 386 g/mol. The molecule has 146 valence electrons. The molecule has 29 heavy (non-hydrogen) atoms. The van der Waals surface area contributed by atoms with Gasteiger partial charge in [0.05, 0.1) is 20.2 Å². The van der Waals surface area contributed by atoms with E-state index in [0.29, 0.717) is 29.8 Å². The monoisotopic (exact) mass is 405 g/mol. The molecule has 0 saturated carbocycles. The highest BCUT2D eigenvalue weighted by atomic mass is 32.1. The standard InChI is InChI=1S/C23H19NO4S/c1-27-20-10-4-3-8-17(20)14-24(15-18-9-6-12-29-18)22(25)19-13-16-7-2-5-11-21(16)28-23(19)26/h2-13H,14-15H2,1H3. The number of ether oxygens (including phenoxy) is 1. The number of benzene rings is 2. The van der Waals surface area contributed by atoms with E-state index in [2.05, 4.69) is 0 Å². The van der Waals surface area contributed by atoms with E-state index >= 15 is 0 Å². The molecule has 0 aliphatic rings. The van der Waals surface area contributed by atoms with Crippen molar-refractivity contribution in [1.29, 1.82) is 0 Å². The van der Waals surface area contributed by atoms with Crippen LogP contribution in [0, 0.1) is 0 Å². The summed E-state index contributed by atoms with van der Waals surface area (Å²) in [5.74, 6) is 0.325. The molecule has 0 bridgehead atoms. The number of hydrogen-bond donors (Lipinski definition) is 0. The average molecular weight is 405 g/mol. The highest BCUT2D eigenvalue weighted by molar-refractivity contribution is 7.09. The van der Waals surface area contributed by atoms with Crippen LogP contribution in [0.3, 0.4) is 0 Å². The number of nitrogens with zero attached hydrogens (tertiary/aromatic N) is 1. The van der Waals surface area contributed by atoms with Gasteiger partial charge in [0.15, 0.2) is 0 Å². The van der Waals surface area contributed by atoms with E-state index < -0.39 is 5.63 Å². The lowest BCUT2D eigenvalue weighted by Gasteiger charge is -2.23. The third kappa shape index (κ3) is 4.07. The molecule has 0 spiro atoms. The van der Waals surface area contributed by atoms with E-state index in [4.69, 9.17) is 9.15 Å². The molecule has 1 amide bonds. The van der Waals surface area contributed by atoms with Crippen molar-refractivity contribution in [3.05, 3.63) is 98.5 Å². The normalized spacial score (nSPS) is 10.8. The van der Waals surface area contributed by atoms with E-state index in [1.165, 1.54) is 0 Å². The largest absolute Gasteiger partial charge is 0.496 e. The number of methoxy groups -OCH3 is 1. The molecular formula is C23H19NO4S. The fourth-order valence-electron chi connectivity index (χ4n) is 3.21. The van der Waals surface area contributed by atoms with Gasteiger partial charge in [0.2, 0.25) is 0 Å². The molecule has 0 atom stereocenters. The fourth-order valence-corrected chi connectivity index (χ4v) is 3.93. The predicted molar refractivity (Wildman–Crippen MR) is 113 cm³/mol. The van der Waals surface area contributed by atoms with E-state index in [1.807, 2.05) is 53.9 Å². The maximum atomic E-state index is 13.4. The van der Waals surface area contributed by atoms with Gasteiger partial charge in [0.25, 0.3) is 5.91 Å². The van der Waals surface area contributed by atoms with Crippen LogP contribution in [0.15, 0.2) is 81.3 Å². The van der Waals surface area contributed by atoms with Crippen molar-refractivity contribution in [2.45, 2.75) is 13.1 Å². The van der Waals surface area contributed by atoms with Crippen LogP contribution in [-0.2, 0) is 13.1 Å². The number of rotatable bonds is 6. The number of carbonyl (C=O) groups excluding carboxylic acids is 1. The Kier molecular flexibility index (Phi) is 5.44. The Morgan fingerprint density at radius 1 is 1.03 bits per heavy atom. The SMILES string of the molecule is COc1ccccc1CN(Cc1cccs1)C(=O)c1cc2ccccc2oc1=O. The highest BCUT2D eigenvalue weighted by Gasteiger charge is 2.22. The number of amides is 1. The van der Waals surface area contributed by atoms with Crippen LogP contribution in [0.5, 0.6) is 5.75 Å². The summed E-state index contributed by atoms with van der Waals surface area (Å²) in [7, 11) is 1.60. The minimum Gasteiger partial charge on any atom is -0.496 e. The van der Waals surface area contributed by atoms with Crippen LogP contribution in [-0.4, -0.2) is 17.9 Å². The molecule has 0 aliphatic carbocycles. The third-order valence-electron chi connectivity index (χ3n) is 4.64. The van der Waals surface area contributed by atoms with Gasteiger partial charge in [-0.25, -0.2) is 4.79 Å². The Hall–Kier alpha value is -3.38. The molecule has 0 N–H and O–H groups in total. The van der Waals surface area contributed by atoms with E-state index in [1.54, 1.807) is 41.5 Å². The molecule has 2 aromatic heterocycles. The summed E-state index contributed by atoms with van der Waals surface area (Å²) in [4.78, 5) is 28.6. The molecule has 4 aromatic rings. The first-order chi connectivity index (χ1) is 14.2. The van der Waals surface area contributed by atoms with Crippen molar-refractivity contribution in [3.8, 4) is 5.75 Å². The highest BCUT2D eigenvalue weighted by Crippen LogP contribution is 2.23. The predicted octanol–water partition coefficient (Wildman–Crippen LogP) is 4.71. The van der Waals surface area contributed by atoms with Gasteiger partial charge in [0.1, 0.15) is 16.9 Å². The van der Waals surface area contributed by atoms with Crippen LogP contribution in [0.25, 0.3) is 11.0 Å². The molecule has 0 aliphatic heterocycles. The van der Waals surface area contributed by atoms with Gasteiger partial charge in [-0.3, -0.25) is 4.79 Å². The van der Waals surface area contributed by atoms with Gasteiger partial charge in [0, 0.05) is 15.8 Å². The average Bonchev–Trinajstić information content (AvgIpc) is 3.26. The number of hydrogen-bond acceptors (Lipinski definition) is 5. The summed E-state index contributed by atoms with van der Waals surface area (Å²) in [6.45, 7) is 0.702. The van der Waals surface area contributed by atoms with Gasteiger partial charge in [-0.15, -0.1) is 11.3 Å². The summed E-state index contributed by atoms with van der Waals surface area (Å²) in [5, 5.41) is 2.68. The Morgan fingerprint density at radius 2 is 1.83 bits per heavy atom. The van der Waals surface area contributed by atoms with E-state index in [9.17, 15) is 9.59 Å². The summed E-state index contributed by atoms with van der Waals surface area (Å²) < 4.78 is 10.8. The minimum absolute atomic E-state index is 0.0233. The second kappa shape index (κ2) is 8.32. The van der Waals surface area contributed by atoms with Crippen LogP contribution < -0.4 is 10.4 Å². The quantitative estimate of drug-likeness (QED) is 0.436. The van der Waals surface area contributed by atoms with Crippen molar-refractivity contribution >= 4 is 28.2 Å². The van der Waals surface area contributed by atoms with Crippen LogP contribution in [0.2, 0.25) is 0 Å². The first kappa shape index (κ1) is 19.0. The van der Waals surface area contributed by atoms with Crippen molar-refractivity contribution < 1.29 is 13.9 Å². The van der Waals surface area contributed by atoms with Crippen LogP contribution in [0.4, 0.5) is 0 Å². The van der Waals surface area contributed by atoms with Crippen LogP contribution in [0.1, 0.15) is 20.8 Å². The van der Waals surface area contributed by atoms with Crippen molar-refractivity contribution in [1.82, 2.24) is 4.90 Å². The molecule has 4 rings (SSSR count). The zero-order valence-corrected chi connectivity index (χ0v) is 16.6. The third-order valence-corrected chi connectivity index (χ3v) is 5.50. The summed E-state index contributed by atoms with van der Waals surface area (Å²) in [6.07, 6.45) is 0. The number of fused-ring (bicyclic) bond motifs is 1. The maximum Gasteiger partial charge on any atom is 0.349 e. The van der Waals surface area contributed by atoms with E-state index in [-0.39, 0.29) is 11.5 Å². The number of para-hydroxylation sites is 2. The maximum absolute atomic E-state index is 13.4. The minimum atomic E-state index is -0.634. The van der Waals surface area contributed by atoms with Crippen molar-refractivity contribution in [2.24, 2.45) is 0 Å². The van der Waals surface area contributed by atoms with Crippen molar-refractivity contribution in [2.75, 3.05) is 7.11 Å².